The van der Waals surface area contributed by atoms with Crippen LogP contribution < -0.4 is 0 Å². The van der Waals surface area contributed by atoms with Crippen molar-refractivity contribution >= 4 is 5.91 Å². The number of carbonyl (C=O) groups is 1. The van der Waals surface area contributed by atoms with E-state index in [1.54, 1.807) is 0 Å². The van der Waals surface area contributed by atoms with Crippen LogP contribution >= 0.6 is 0 Å². The van der Waals surface area contributed by atoms with Gasteiger partial charge < -0.3 is 9.80 Å². The molecule has 0 aromatic rings. The summed E-state index contributed by atoms with van der Waals surface area (Å²) in [6.07, 6.45) is 7.50. The average Bonchev–Trinajstić information content (AvgIpc) is 2.59. The Morgan fingerprint density at radius 2 is 1.84 bits per heavy atom. The van der Waals surface area contributed by atoms with E-state index in [-0.39, 0.29) is 0 Å². The highest BCUT2D eigenvalue weighted by atomic mass is 16.2. The zero-order valence-electron chi connectivity index (χ0n) is 17.2. The molecule has 25 heavy (non-hydrogen) atoms. The molecule has 4 heteroatoms. The minimum atomic E-state index is 0.361. The first-order chi connectivity index (χ1) is 12.0. The van der Waals surface area contributed by atoms with Gasteiger partial charge in [0.2, 0.25) is 5.91 Å². The van der Waals surface area contributed by atoms with Crippen molar-refractivity contribution < 1.29 is 4.79 Å². The Kier molecular flexibility index (Phi) is 8.71. The molecule has 2 heterocycles. The molecule has 2 saturated heterocycles. The highest BCUT2D eigenvalue weighted by molar-refractivity contribution is 5.78. The first kappa shape index (κ1) is 20.7. The molecule has 0 aromatic heterocycles. The van der Waals surface area contributed by atoms with Crippen LogP contribution in [0.1, 0.15) is 66.2 Å². The number of hydrogen-bond acceptors (Lipinski definition) is 3. The van der Waals surface area contributed by atoms with Gasteiger partial charge in [-0.2, -0.15) is 0 Å². The summed E-state index contributed by atoms with van der Waals surface area (Å²) in [6.45, 7) is 16.6. The Morgan fingerprint density at radius 3 is 2.44 bits per heavy atom. The highest BCUT2D eigenvalue weighted by Crippen LogP contribution is 2.22. The summed E-state index contributed by atoms with van der Waals surface area (Å²) >= 11 is 0. The van der Waals surface area contributed by atoms with Crippen LogP contribution in [0.15, 0.2) is 0 Å². The van der Waals surface area contributed by atoms with Gasteiger partial charge in [0.25, 0.3) is 0 Å². The van der Waals surface area contributed by atoms with Crippen LogP contribution in [-0.2, 0) is 4.79 Å². The van der Waals surface area contributed by atoms with Crippen molar-refractivity contribution in [1.82, 2.24) is 14.7 Å². The lowest BCUT2D eigenvalue weighted by Crippen LogP contribution is -2.48. The summed E-state index contributed by atoms with van der Waals surface area (Å²) in [5.74, 6) is 1.96. The normalized spacial score (nSPS) is 23.6. The minimum Gasteiger partial charge on any atom is -0.339 e. The van der Waals surface area contributed by atoms with Crippen LogP contribution in [0.2, 0.25) is 0 Å². The van der Waals surface area contributed by atoms with E-state index in [2.05, 4.69) is 42.4 Å². The Morgan fingerprint density at radius 1 is 1.12 bits per heavy atom. The van der Waals surface area contributed by atoms with Gasteiger partial charge in [0.1, 0.15) is 0 Å². The van der Waals surface area contributed by atoms with Crippen LogP contribution in [0.25, 0.3) is 0 Å². The molecule has 0 saturated carbocycles. The second-order valence-electron chi connectivity index (χ2n) is 8.73. The summed E-state index contributed by atoms with van der Waals surface area (Å²) < 4.78 is 0. The molecule has 0 radical (unpaired) electrons. The minimum absolute atomic E-state index is 0.361. The van der Waals surface area contributed by atoms with Crippen LogP contribution in [0.3, 0.4) is 0 Å². The van der Waals surface area contributed by atoms with Gasteiger partial charge in [0.15, 0.2) is 0 Å². The van der Waals surface area contributed by atoms with E-state index in [4.69, 9.17) is 0 Å². The highest BCUT2D eigenvalue weighted by Gasteiger charge is 2.26. The van der Waals surface area contributed by atoms with Crippen molar-refractivity contribution in [3.8, 4) is 0 Å². The third kappa shape index (κ3) is 6.90. The van der Waals surface area contributed by atoms with E-state index in [9.17, 15) is 4.79 Å². The predicted octanol–water partition coefficient (Wildman–Crippen LogP) is 3.47. The maximum atomic E-state index is 12.6. The molecule has 2 aliphatic rings. The molecule has 1 amide bonds. The van der Waals surface area contributed by atoms with E-state index < -0.39 is 0 Å². The van der Waals surface area contributed by atoms with Gasteiger partial charge in [-0.05, 0) is 83.5 Å². The second kappa shape index (κ2) is 10.5. The van der Waals surface area contributed by atoms with Crippen molar-refractivity contribution in [3.63, 3.8) is 0 Å². The number of piperidine rings is 2. The third-order valence-electron chi connectivity index (χ3n) is 6.11. The molecule has 0 aliphatic carbocycles. The summed E-state index contributed by atoms with van der Waals surface area (Å²) in [6, 6.07) is 0.444. The number of amides is 1. The van der Waals surface area contributed by atoms with E-state index in [1.165, 1.54) is 58.2 Å². The maximum Gasteiger partial charge on any atom is 0.236 e. The Bertz CT molecular complexity index is 391. The Balaban J connectivity index is 1.66. The Hall–Kier alpha value is -0.610. The van der Waals surface area contributed by atoms with E-state index >= 15 is 0 Å². The maximum absolute atomic E-state index is 12.6. The molecule has 2 fully saturated rings. The lowest BCUT2D eigenvalue weighted by Gasteiger charge is -2.37. The first-order valence-electron chi connectivity index (χ1n) is 10.7. The third-order valence-corrected chi connectivity index (χ3v) is 6.11. The summed E-state index contributed by atoms with van der Waals surface area (Å²) in [5, 5.41) is 0. The molecule has 2 aliphatic heterocycles. The van der Waals surface area contributed by atoms with Gasteiger partial charge in [-0.1, -0.05) is 20.8 Å². The topological polar surface area (TPSA) is 26.8 Å². The zero-order chi connectivity index (χ0) is 18.2. The number of carbonyl (C=O) groups excluding carboxylic acids is 1. The molecule has 1 atom stereocenters. The van der Waals surface area contributed by atoms with Gasteiger partial charge >= 0.3 is 0 Å². The van der Waals surface area contributed by atoms with E-state index in [1.807, 2.05) is 0 Å². The molecule has 0 aromatic carbocycles. The molecule has 1 unspecified atom stereocenters. The molecular weight excluding hydrogens is 310 g/mol. The fraction of sp³-hybridized carbons (Fsp3) is 0.952. The number of likely N-dealkylation sites (tertiary alicyclic amines) is 2. The summed E-state index contributed by atoms with van der Waals surface area (Å²) in [4.78, 5) is 19.7. The fourth-order valence-electron chi connectivity index (χ4n) is 4.44. The molecule has 0 bridgehead atoms. The molecule has 0 spiro atoms. The first-order valence-corrected chi connectivity index (χ1v) is 10.7. The summed E-state index contributed by atoms with van der Waals surface area (Å²) in [5.41, 5.74) is 0. The van der Waals surface area contributed by atoms with Crippen molar-refractivity contribution in [2.45, 2.75) is 72.3 Å². The van der Waals surface area contributed by atoms with Crippen LogP contribution in [0.5, 0.6) is 0 Å². The predicted molar refractivity (Wildman–Crippen MR) is 106 cm³/mol. The van der Waals surface area contributed by atoms with E-state index in [0.29, 0.717) is 18.5 Å². The SMILES string of the molecule is CCN(CCC1CCN(CC(=O)N2CCCCC2C)CC1)CC(C)C. The standard InChI is InChI=1S/C21H41N3O/c1-5-22(16-18(2)3)13-9-20-10-14-23(15-11-20)17-21(25)24-12-7-6-8-19(24)4/h18-20H,5-17H2,1-4H3. The van der Waals surface area contributed by atoms with Crippen LogP contribution in [-0.4, -0.2) is 72.5 Å². The zero-order valence-corrected chi connectivity index (χ0v) is 17.2. The van der Waals surface area contributed by atoms with Gasteiger partial charge in [-0.15, -0.1) is 0 Å². The van der Waals surface area contributed by atoms with E-state index in [0.717, 1.165) is 31.5 Å². The fourth-order valence-corrected chi connectivity index (χ4v) is 4.44. The van der Waals surface area contributed by atoms with Crippen molar-refractivity contribution in [3.05, 3.63) is 0 Å². The number of hydrogen-bond donors (Lipinski definition) is 0. The lowest BCUT2D eigenvalue weighted by atomic mass is 9.93. The van der Waals surface area contributed by atoms with Crippen molar-refractivity contribution in [1.29, 1.82) is 0 Å². The van der Waals surface area contributed by atoms with Gasteiger partial charge in [-0.3, -0.25) is 9.69 Å². The van der Waals surface area contributed by atoms with Crippen molar-refractivity contribution in [2.24, 2.45) is 11.8 Å². The summed E-state index contributed by atoms with van der Waals surface area (Å²) in [7, 11) is 0. The monoisotopic (exact) mass is 351 g/mol. The van der Waals surface area contributed by atoms with Gasteiger partial charge in [-0.25, -0.2) is 0 Å². The average molecular weight is 352 g/mol. The quantitative estimate of drug-likeness (QED) is 0.670. The number of nitrogens with zero attached hydrogens (tertiary/aromatic N) is 3. The Labute approximate surface area is 155 Å². The molecule has 146 valence electrons. The largest absolute Gasteiger partial charge is 0.339 e. The molecule has 0 N–H and O–H groups in total. The smallest absolute Gasteiger partial charge is 0.236 e. The lowest BCUT2D eigenvalue weighted by molar-refractivity contribution is -0.136. The molecule has 2 rings (SSSR count). The van der Waals surface area contributed by atoms with Gasteiger partial charge in [0.05, 0.1) is 6.54 Å². The van der Waals surface area contributed by atoms with Crippen LogP contribution in [0.4, 0.5) is 0 Å². The van der Waals surface area contributed by atoms with Crippen LogP contribution in [0, 0.1) is 11.8 Å². The molecular formula is C21H41N3O. The second-order valence-corrected chi connectivity index (χ2v) is 8.73. The molecule has 4 nitrogen and oxygen atoms in total. The van der Waals surface area contributed by atoms with Gasteiger partial charge in [0, 0.05) is 19.1 Å². The number of rotatable bonds is 8. The van der Waals surface area contributed by atoms with Crippen molar-refractivity contribution in [2.75, 3.05) is 45.8 Å².